The first-order chi connectivity index (χ1) is 10.6. The van der Waals surface area contributed by atoms with Gasteiger partial charge in [0.25, 0.3) is 5.91 Å². The van der Waals surface area contributed by atoms with E-state index in [1.54, 1.807) is 6.07 Å². The quantitative estimate of drug-likeness (QED) is 0.826. The lowest BCUT2D eigenvalue weighted by atomic mass is 10.2. The van der Waals surface area contributed by atoms with Crippen LogP contribution < -0.4 is 10.1 Å². The summed E-state index contributed by atoms with van der Waals surface area (Å²) < 4.78 is 5.65. The van der Waals surface area contributed by atoms with Crippen molar-refractivity contribution in [1.29, 1.82) is 0 Å². The Morgan fingerprint density at radius 2 is 2.18 bits per heavy atom. The Balaban J connectivity index is 1.92. The first-order valence-electron chi connectivity index (χ1n) is 7.66. The second-order valence-corrected chi connectivity index (χ2v) is 5.53. The first kappa shape index (κ1) is 16.1. The highest BCUT2D eigenvalue weighted by molar-refractivity contribution is 5.92. The number of benzene rings is 1. The molecule has 0 fully saturated rings. The number of ether oxygens (including phenoxy) is 1. The molecule has 0 spiro atoms. The van der Waals surface area contributed by atoms with Crippen LogP contribution in [-0.2, 0) is 13.0 Å². The Kier molecular flexibility index (Phi) is 5.58. The number of aromatic amines is 1. The van der Waals surface area contributed by atoms with Gasteiger partial charge in [-0.2, -0.15) is 5.10 Å². The second kappa shape index (κ2) is 7.64. The molecule has 2 N–H and O–H groups in total. The molecule has 2 aromatic rings. The smallest absolute Gasteiger partial charge is 0.272 e. The molecule has 1 aromatic heterocycles. The fourth-order valence-corrected chi connectivity index (χ4v) is 2.15. The summed E-state index contributed by atoms with van der Waals surface area (Å²) in [6.07, 6.45) is 2.05. The third-order valence-electron chi connectivity index (χ3n) is 3.11. The van der Waals surface area contributed by atoms with Crippen molar-refractivity contribution in [2.45, 2.75) is 46.3 Å². The summed E-state index contributed by atoms with van der Waals surface area (Å²) in [4.78, 5) is 12.1. The van der Waals surface area contributed by atoms with Crippen molar-refractivity contribution in [2.24, 2.45) is 0 Å². The zero-order valence-electron chi connectivity index (χ0n) is 13.3. The summed E-state index contributed by atoms with van der Waals surface area (Å²) >= 11 is 0. The minimum Gasteiger partial charge on any atom is -0.491 e. The number of nitrogens with one attached hydrogen (secondary N) is 2. The normalized spacial score (nSPS) is 10.7. The van der Waals surface area contributed by atoms with E-state index >= 15 is 0 Å². The number of aromatic nitrogens is 2. The lowest BCUT2D eigenvalue weighted by Crippen LogP contribution is -2.23. The molecule has 118 valence electrons. The van der Waals surface area contributed by atoms with Crippen molar-refractivity contribution in [3.8, 4) is 5.75 Å². The maximum Gasteiger partial charge on any atom is 0.272 e. The minimum atomic E-state index is -0.172. The van der Waals surface area contributed by atoms with Crippen LogP contribution in [0.2, 0.25) is 0 Å². The maximum absolute atomic E-state index is 12.1. The Hall–Kier alpha value is -2.30. The molecule has 5 nitrogen and oxygen atoms in total. The van der Waals surface area contributed by atoms with Gasteiger partial charge in [0, 0.05) is 12.2 Å². The van der Waals surface area contributed by atoms with E-state index in [1.165, 1.54) is 0 Å². The third kappa shape index (κ3) is 4.62. The average Bonchev–Trinajstić information content (AvgIpc) is 2.94. The zero-order chi connectivity index (χ0) is 15.9. The van der Waals surface area contributed by atoms with E-state index in [4.69, 9.17) is 4.74 Å². The molecule has 0 aliphatic rings. The highest BCUT2D eigenvalue weighted by Gasteiger charge is 2.10. The SMILES string of the molecule is CCCc1cc(C(=O)NCc2cccc(OC(C)C)c2)n[nH]1. The fourth-order valence-electron chi connectivity index (χ4n) is 2.15. The van der Waals surface area contributed by atoms with E-state index < -0.39 is 0 Å². The highest BCUT2D eigenvalue weighted by Crippen LogP contribution is 2.15. The van der Waals surface area contributed by atoms with E-state index in [2.05, 4.69) is 22.4 Å². The monoisotopic (exact) mass is 301 g/mol. The number of hydrogen-bond acceptors (Lipinski definition) is 3. The number of aryl methyl sites for hydroxylation is 1. The van der Waals surface area contributed by atoms with Crippen LogP contribution in [-0.4, -0.2) is 22.2 Å². The lowest BCUT2D eigenvalue weighted by Gasteiger charge is -2.11. The van der Waals surface area contributed by atoms with Gasteiger partial charge in [-0.15, -0.1) is 0 Å². The molecule has 1 heterocycles. The van der Waals surface area contributed by atoms with E-state index in [0.29, 0.717) is 12.2 Å². The van der Waals surface area contributed by atoms with Crippen molar-refractivity contribution < 1.29 is 9.53 Å². The Morgan fingerprint density at radius 3 is 2.91 bits per heavy atom. The number of rotatable bonds is 7. The standard InChI is InChI=1S/C17H23N3O2/c1-4-6-14-10-16(20-19-14)17(21)18-11-13-7-5-8-15(9-13)22-12(2)3/h5,7-10,12H,4,6,11H2,1-3H3,(H,18,21)(H,19,20). The summed E-state index contributed by atoms with van der Waals surface area (Å²) in [5.41, 5.74) is 2.41. The highest BCUT2D eigenvalue weighted by atomic mass is 16.5. The lowest BCUT2D eigenvalue weighted by molar-refractivity contribution is 0.0945. The van der Waals surface area contributed by atoms with Crippen molar-refractivity contribution >= 4 is 5.91 Å². The molecule has 5 heteroatoms. The van der Waals surface area contributed by atoms with Gasteiger partial charge >= 0.3 is 0 Å². The second-order valence-electron chi connectivity index (χ2n) is 5.53. The number of carbonyl (C=O) groups is 1. The molecule has 1 aromatic carbocycles. The predicted molar refractivity (Wildman–Crippen MR) is 86.0 cm³/mol. The molecule has 1 amide bonds. The maximum atomic E-state index is 12.1. The van der Waals surface area contributed by atoms with Crippen LogP contribution in [0.15, 0.2) is 30.3 Å². The van der Waals surface area contributed by atoms with Gasteiger partial charge in [-0.05, 0) is 44.0 Å². The largest absolute Gasteiger partial charge is 0.491 e. The molecular weight excluding hydrogens is 278 g/mol. The van der Waals surface area contributed by atoms with E-state index in [1.807, 2.05) is 38.1 Å². The van der Waals surface area contributed by atoms with Crippen molar-refractivity contribution in [3.05, 3.63) is 47.3 Å². The van der Waals surface area contributed by atoms with E-state index in [-0.39, 0.29) is 12.0 Å². The third-order valence-corrected chi connectivity index (χ3v) is 3.11. The minimum absolute atomic E-state index is 0.130. The Morgan fingerprint density at radius 1 is 1.36 bits per heavy atom. The average molecular weight is 301 g/mol. The van der Waals surface area contributed by atoms with Crippen molar-refractivity contribution in [3.63, 3.8) is 0 Å². The van der Waals surface area contributed by atoms with Gasteiger partial charge in [0.05, 0.1) is 6.10 Å². The molecule has 0 unspecified atom stereocenters. The topological polar surface area (TPSA) is 67.0 Å². The first-order valence-corrected chi connectivity index (χ1v) is 7.66. The molecule has 0 aliphatic heterocycles. The molecule has 2 rings (SSSR count). The summed E-state index contributed by atoms with van der Waals surface area (Å²) in [6, 6.07) is 9.54. The van der Waals surface area contributed by atoms with Gasteiger partial charge < -0.3 is 10.1 Å². The molecular formula is C17H23N3O2. The van der Waals surface area contributed by atoms with E-state index in [0.717, 1.165) is 29.8 Å². The van der Waals surface area contributed by atoms with Crippen molar-refractivity contribution in [2.75, 3.05) is 0 Å². The van der Waals surface area contributed by atoms with Gasteiger partial charge in [-0.1, -0.05) is 25.5 Å². The number of carbonyl (C=O) groups excluding carboxylic acids is 1. The van der Waals surface area contributed by atoms with Crippen LogP contribution in [0.1, 0.15) is 48.9 Å². The number of amides is 1. The van der Waals surface area contributed by atoms with Gasteiger partial charge in [-0.3, -0.25) is 9.89 Å². The zero-order valence-corrected chi connectivity index (χ0v) is 13.3. The van der Waals surface area contributed by atoms with Crippen LogP contribution in [0.4, 0.5) is 0 Å². The van der Waals surface area contributed by atoms with Crippen LogP contribution in [0.5, 0.6) is 5.75 Å². The summed E-state index contributed by atoms with van der Waals surface area (Å²) in [6.45, 7) is 6.51. The number of H-pyrrole nitrogens is 1. The van der Waals surface area contributed by atoms with Gasteiger partial charge in [0.2, 0.25) is 0 Å². The molecule has 0 aliphatic carbocycles. The molecule has 22 heavy (non-hydrogen) atoms. The van der Waals surface area contributed by atoms with Crippen LogP contribution in [0.3, 0.4) is 0 Å². The predicted octanol–water partition coefficient (Wildman–Crippen LogP) is 3.08. The molecule has 0 bridgehead atoms. The fraction of sp³-hybridized carbons (Fsp3) is 0.412. The molecule has 0 saturated heterocycles. The van der Waals surface area contributed by atoms with E-state index in [9.17, 15) is 4.79 Å². The molecule has 0 atom stereocenters. The van der Waals surface area contributed by atoms with Gasteiger partial charge in [-0.25, -0.2) is 0 Å². The van der Waals surface area contributed by atoms with Gasteiger partial charge in [0.15, 0.2) is 0 Å². The van der Waals surface area contributed by atoms with Crippen LogP contribution in [0.25, 0.3) is 0 Å². The van der Waals surface area contributed by atoms with Gasteiger partial charge in [0.1, 0.15) is 11.4 Å². The van der Waals surface area contributed by atoms with Crippen LogP contribution in [0, 0.1) is 0 Å². The Labute approximate surface area is 131 Å². The molecule has 0 saturated carbocycles. The Bertz CT molecular complexity index is 620. The number of hydrogen-bond donors (Lipinski definition) is 2. The summed E-state index contributed by atoms with van der Waals surface area (Å²) in [5.74, 6) is 0.639. The number of nitrogens with zero attached hydrogens (tertiary/aromatic N) is 1. The molecule has 0 radical (unpaired) electrons. The summed E-state index contributed by atoms with van der Waals surface area (Å²) in [7, 11) is 0. The van der Waals surface area contributed by atoms with Crippen molar-refractivity contribution in [1.82, 2.24) is 15.5 Å². The van der Waals surface area contributed by atoms with Crippen LogP contribution >= 0.6 is 0 Å². The summed E-state index contributed by atoms with van der Waals surface area (Å²) in [5, 5.41) is 9.80.